The van der Waals surface area contributed by atoms with Crippen molar-refractivity contribution in [3.05, 3.63) is 65.1 Å². The zero-order chi connectivity index (χ0) is 19.9. The number of carbonyl (C=O) groups excluding carboxylic acids is 1. The predicted molar refractivity (Wildman–Crippen MR) is 115 cm³/mol. The third kappa shape index (κ3) is 5.24. The molecule has 0 aliphatic carbocycles. The van der Waals surface area contributed by atoms with E-state index in [1.165, 1.54) is 11.8 Å². The van der Waals surface area contributed by atoms with Crippen LogP contribution in [0, 0.1) is 0 Å². The van der Waals surface area contributed by atoms with Crippen LogP contribution in [0.2, 0.25) is 0 Å². The molecule has 1 heterocycles. The van der Waals surface area contributed by atoms with E-state index in [0.29, 0.717) is 23.2 Å². The topological polar surface area (TPSA) is 51.1 Å². The Morgan fingerprint density at radius 1 is 1.11 bits per heavy atom. The maximum Gasteiger partial charge on any atom is 0.266 e. The lowest BCUT2D eigenvalue weighted by Crippen LogP contribution is -2.32. The molecule has 0 saturated carbocycles. The van der Waals surface area contributed by atoms with Crippen molar-refractivity contribution >= 4 is 34.6 Å². The van der Waals surface area contributed by atoms with Crippen LogP contribution in [-0.2, 0) is 9.53 Å². The minimum absolute atomic E-state index is 0.0563. The van der Waals surface area contributed by atoms with Gasteiger partial charge < -0.3 is 9.47 Å². The van der Waals surface area contributed by atoms with E-state index in [-0.39, 0.29) is 12.0 Å². The third-order valence-corrected chi connectivity index (χ3v) is 4.94. The van der Waals surface area contributed by atoms with E-state index in [1.54, 1.807) is 12.0 Å². The number of para-hydroxylation sites is 1. The molecule has 6 heteroatoms. The van der Waals surface area contributed by atoms with Gasteiger partial charge in [-0.1, -0.05) is 30.3 Å². The lowest BCUT2D eigenvalue weighted by molar-refractivity contribution is -0.122. The first kappa shape index (κ1) is 20.2. The molecule has 0 radical (unpaired) electrons. The first-order valence-corrected chi connectivity index (χ1v) is 9.99. The van der Waals surface area contributed by atoms with Crippen LogP contribution in [0.5, 0.6) is 5.75 Å². The van der Waals surface area contributed by atoms with Crippen LogP contribution in [0.4, 0.5) is 5.69 Å². The van der Waals surface area contributed by atoms with Gasteiger partial charge in [0.2, 0.25) is 0 Å². The average molecular weight is 397 g/mol. The Morgan fingerprint density at radius 2 is 1.82 bits per heavy atom. The van der Waals surface area contributed by atoms with E-state index in [0.717, 1.165) is 17.0 Å². The second kappa shape index (κ2) is 9.57. The molecule has 0 N–H and O–H groups in total. The molecule has 28 heavy (non-hydrogen) atoms. The van der Waals surface area contributed by atoms with Crippen molar-refractivity contribution < 1.29 is 14.3 Å². The molecule has 1 aliphatic rings. The summed E-state index contributed by atoms with van der Waals surface area (Å²) >= 11 is 1.38. The van der Waals surface area contributed by atoms with E-state index in [2.05, 4.69) is 4.99 Å². The minimum atomic E-state index is -0.0563. The summed E-state index contributed by atoms with van der Waals surface area (Å²) < 4.78 is 10.8. The Bertz CT molecular complexity index is 861. The minimum Gasteiger partial charge on any atom is -0.491 e. The number of nitrogens with zero attached hydrogens (tertiary/aromatic N) is 2. The molecule has 3 rings (SSSR count). The van der Waals surface area contributed by atoms with Gasteiger partial charge in [-0.3, -0.25) is 9.69 Å². The van der Waals surface area contributed by atoms with Crippen molar-refractivity contribution in [1.82, 2.24) is 4.90 Å². The molecule has 0 unspecified atom stereocenters. The lowest BCUT2D eigenvalue weighted by atomic mass is 10.2. The number of methoxy groups -OCH3 is 1. The van der Waals surface area contributed by atoms with Crippen LogP contribution in [-0.4, -0.2) is 42.3 Å². The summed E-state index contributed by atoms with van der Waals surface area (Å²) in [5.41, 5.74) is 1.76. The van der Waals surface area contributed by atoms with Gasteiger partial charge in [0.05, 0.1) is 29.8 Å². The van der Waals surface area contributed by atoms with Crippen LogP contribution < -0.4 is 4.74 Å². The van der Waals surface area contributed by atoms with Crippen LogP contribution >= 0.6 is 11.8 Å². The van der Waals surface area contributed by atoms with Crippen LogP contribution in [0.25, 0.3) is 6.08 Å². The summed E-state index contributed by atoms with van der Waals surface area (Å²) in [6.45, 7) is 4.90. The van der Waals surface area contributed by atoms with Crippen LogP contribution in [0.1, 0.15) is 19.4 Å². The van der Waals surface area contributed by atoms with Crippen molar-refractivity contribution in [3.8, 4) is 5.75 Å². The highest BCUT2D eigenvalue weighted by atomic mass is 32.2. The molecular weight excluding hydrogens is 372 g/mol. The number of hydrogen-bond donors (Lipinski definition) is 0. The Kier molecular flexibility index (Phi) is 6.90. The molecule has 2 aromatic rings. The maximum absolute atomic E-state index is 12.9. The number of thioether (sulfide) groups is 1. The Labute approximate surface area is 170 Å². The van der Waals surface area contributed by atoms with Crippen molar-refractivity contribution in [2.45, 2.75) is 20.0 Å². The molecule has 0 bridgehead atoms. The number of rotatable bonds is 7. The lowest BCUT2D eigenvalue weighted by Gasteiger charge is -2.14. The van der Waals surface area contributed by atoms with Crippen LogP contribution in [0.15, 0.2) is 64.5 Å². The second-order valence-corrected chi connectivity index (χ2v) is 7.53. The molecule has 5 nitrogen and oxygen atoms in total. The zero-order valence-electron chi connectivity index (χ0n) is 16.3. The number of aliphatic imine (C=N–C) groups is 1. The van der Waals surface area contributed by atoms with Crippen molar-refractivity contribution in [2.75, 3.05) is 20.3 Å². The molecule has 0 aromatic heterocycles. The number of hydrogen-bond acceptors (Lipinski definition) is 5. The SMILES string of the molecule is COCCN1C(=O)/C(=C/c2ccc(OC(C)C)cc2)SC1=Nc1ccccc1. The second-order valence-electron chi connectivity index (χ2n) is 6.53. The van der Waals surface area contributed by atoms with E-state index in [4.69, 9.17) is 9.47 Å². The molecular formula is C22H24N2O3S. The highest BCUT2D eigenvalue weighted by Crippen LogP contribution is 2.34. The Balaban J connectivity index is 1.84. The normalized spacial score (nSPS) is 17.1. The summed E-state index contributed by atoms with van der Waals surface area (Å²) in [5, 5.41) is 0.666. The van der Waals surface area contributed by atoms with Gasteiger partial charge in [0.15, 0.2) is 5.17 Å². The molecule has 1 aliphatic heterocycles. The van der Waals surface area contributed by atoms with Gasteiger partial charge in [0.25, 0.3) is 5.91 Å². The van der Waals surface area contributed by atoms with Crippen molar-refractivity contribution in [2.24, 2.45) is 4.99 Å². The number of benzene rings is 2. The highest BCUT2D eigenvalue weighted by Gasteiger charge is 2.33. The molecule has 146 valence electrons. The fraction of sp³-hybridized carbons (Fsp3) is 0.273. The summed E-state index contributed by atoms with van der Waals surface area (Å²) in [6.07, 6.45) is 2.02. The predicted octanol–water partition coefficient (Wildman–Crippen LogP) is 4.72. The quantitative estimate of drug-likeness (QED) is 0.635. The van der Waals surface area contributed by atoms with E-state index < -0.39 is 0 Å². The van der Waals surface area contributed by atoms with Gasteiger partial charge in [0.1, 0.15) is 5.75 Å². The van der Waals surface area contributed by atoms with Gasteiger partial charge >= 0.3 is 0 Å². The molecule has 1 saturated heterocycles. The summed E-state index contributed by atoms with van der Waals surface area (Å²) in [6, 6.07) is 17.4. The molecule has 0 spiro atoms. The molecule has 1 amide bonds. The van der Waals surface area contributed by atoms with Gasteiger partial charge in [-0.2, -0.15) is 0 Å². The van der Waals surface area contributed by atoms with Crippen LogP contribution in [0.3, 0.4) is 0 Å². The van der Waals surface area contributed by atoms with E-state index in [9.17, 15) is 4.79 Å². The largest absolute Gasteiger partial charge is 0.491 e. The Hall–Kier alpha value is -2.57. The van der Waals surface area contributed by atoms with Crippen molar-refractivity contribution in [3.63, 3.8) is 0 Å². The fourth-order valence-corrected chi connectivity index (χ4v) is 3.67. The summed E-state index contributed by atoms with van der Waals surface area (Å²) in [4.78, 5) is 19.9. The first-order valence-electron chi connectivity index (χ1n) is 9.17. The number of ether oxygens (including phenoxy) is 2. The van der Waals surface area contributed by atoms with E-state index >= 15 is 0 Å². The molecule has 2 aromatic carbocycles. The van der Waals surface area contributed by atoms with Gasteiger partial charge in [-0.25, -0.2) is 4.99 Å². The fourth-order valence-electron chi connectivity index (χ4n) is 2.65. The summed E-state index contributed by atoms with van der Waals surface area (Å²) in [5.74, 6) is 0.759. The number of amides is 1. The van der Waals surface area contributed by atoms with Gasteiger partial charge in [-0.15, -0.1) is 0 Å². The Morgan fingerprint density at radius 3 is 2.46 bits per heavy atom. The number of carbonyl (C=O) groups is 1. The molecule has 0 atom stereocenters. The van der Waals surface area contributed by atoms with Gasteiger partial charge in [0, 0.05) is 7.11 Å². The highest BCUT2D eigenvalue weighted by molar-refractivity contribution is 8.18. The number of amidine groups is 1. The standard InChI is InChI=1S/C22H24N2O3S/c1-16(2)27-19-11-9-17(10-12-19)15-20-21(25)24(13-14-26-3)22(28-20)23-18-7-5-4-6-8-18/h4-12,15-16H,13-14H2,1-3H3/b20-15-,23-22?. The summed E-state index contributed by atoms with van der Waals surface area (Å²) in [7, 11) is 1.62. The monoisotopic (exact) mass is 396 g/mol. The first-order chi connectivity index (χ1) is 13.6. The van der Waals surface area contributed by atoms with Crippen molar-refractivity contribution in [1.29, 1.82) is 0 Å². The van der Waals surface area contributed by atoms with E-state index in [1.807, 2.05) is 74.5 Å². The van der Waals surface area contributed by atoms with Gasteiger partial charge in [-0.05, 0) is 61.5 Å². The smallest absolute Gasteiger partial charge is 0.266 e. The average Bonchev–Trinajstić information content (AvgIpc) is 2.96. The molecule has 1 fully saturated rings. The maximum atomic E-state index is 12.9. The third-order valence-electron chi connectivity index (χ3n) is 3.94. The zero-order valence-corrected chi connectivity index (χ0v) is 17.1.